The molecule has 0 aliphatic carbocycles. The van der Waals surface area contributed by atoms with Gasteiger partial charge in [0.2, 0.25) is 0 Å². The summed E-state index contributed by atoms with van der Waals surface area (Å²) < 4.78 is 0. The van der Waals surface area contributed by atoms with Gasteiger partial charge in [0.1, 0.15) is 0 Å². The molecule has 5 nitrogen and oxygen atoms in total. The largest absolute Gasteiger partial charge is 0.394 e. The van der Waals surface area contributed by atoms with Gasteiger partial charge in [0.15, 0.2) is 0 Å². The molecule has 0 heterocycles. The Morgan fingerprint density at radius 1 is 0.786 bits per heavy atom. The molecule has 4 unspecified atom stereocenters. The average Bonchev–Trinajstić information content (AvgIpc) is 2.01. The number of aliphatic hydroxyl groups excluding tert-OH is 5. The van der Waals surface area contributed by atoms with Crippen molar-refractivity contribution in [1.82, 2.24) is 0 Å². The SMILES string of the molecule is CC(O)CC(O)CC(O)CC(O)CO. The quantitative estimate of drug-likeness (QED) is 0.355. The summed E-state index contributed by atoms with van der Waals surface area (Å²) in [6.45, 7) is 1.15. The van der Waals surface area contributed by atoms with Crippen LogP contribution in [0.25, 0.3) is 0 Å². The highest BCUT2D eigenvalue weighted by Crippen LogP contribution is 2.09. The third kappa shape index (κ3) is 7.23. The van der Waals surface area contributed by atoms with Gasteiger partial charge in [-0.2, -0.15) is 0 Å². The van der Waals surface area contributed by atoms with Gasteiger partial charge < -0.3 is 25.5 Å². The normalized spacial score (nSPS) is 20.1. The molecule has 0 aromatic carbocycles. The highest BCUT2D eigenvalue weighted by molar-refractivity contribution is 4.68. The molecular formula is C9H20O5. The third-order valence-corrected chi connectivity index (χ3v) is 1.91. The first-order valence-electron chi connectivity index (χ1n) is 4.78. The van der Waals surface area contributed by atoms with E-state index < -0.39 is 31.0 Å². The van der Waals surface area contributed by atoms with Crippen molar-refractivity contribution >= 4 is 0 Å². The van der Waals surface area contributed by atoms with Gasteiger partial charge in [-0.05, 0) is 19.8 Å². The van der Waals surface area contributed by atoms with E-state index in [1.165, 1.54) is 0 Å². The standard InChI is InChI=1S/C9H20O5/c1-6(11)2-7(12)3-8(13)4-9(14)5-10/h6-14H,2-5H2,1H3. The summed E-state index contributed by atoms with van der Waals surface area (Å²) in [4.78, 5) is 0. The van der Waals surface area contributed by atoms with Crippen LogP contribution in [0.1, 0.15) is 26.2 Å². The minimum absolute atomic E-state index is 0.0351. The van der Waals surface area contributed by atoms with Crippen LogP contribution < -0.4 is 0 Å². The summed E-state index contributed by atoms with van der Waals surface area (Å²) in [5.41, 5.74) is 0. The van der Waals surface area contributed by atoms with Crippen LogP contribution in [0, 0.1) is 0 Å². The Kier molecular flexibility index (Phi) is 7.04. The first-order chi connectivity index (χ1) is 6.45. The molecule has 86 valence electrons. The molecule has 0 aromatic heterocycles. The fourth-order valence-corrected chi connectivity index (χ4v) is 1.29. The van der Waals surface area contributed by atoms with E-state index in [4.69, 9.17) is 15.3 Å². The molecule has 0 radical (unpaired) electrons. The molecule has 0 fully saturated rings. The van der Waals surface area contributed by atoms with E-state index in [9.17, 15) is 10.2 Å². The number of hydrogen-bond acceptors (Lipinski definition) is 5. The Hall–Kier alpha value is -0.200. The van der Waals surface area contributed by atoms with Gasteiger partial charge in [-0.15, -0.1) is 0 Å². The minimum Gasteiger partial charge on any atom is -0.394 e. The second-order valence-corrected chi connectivity index (χ2v) is 3.70. The Balaban J connectivity index is 3.65. The van der Waals surface area contributed by atoms with Crippen molar-refractivity contribution in [1.29, 1.82) is 0 Å². The van der Waals surface area contributed by atoms with Crippen LogP contribution in [0.3, 0.4) is 0 Å². The zero-order valence-electron chi connectivity index (χ0n) is 8.37. The smallest absolute Gasteiger partial charge is 0.0795 e. The lowest BCUT2D eigenvalue weighted by atomic mass is 10.0. The van der Waals surface area contributed by atoms with E-state index in [2.05, 4.69) is 0 Å². The fourth-order valence-electron chi connectivity index (χ4n) is 1.29. The molecule has 0 saturated carbocycles. The van der Waals surface area contributed by atoms with Crippen molar-refractivity contribution in [3.05, 3.63) is 0 Å². The van der Waals surface area contributed by atoms with Crippen LogP contribution >= 0.6 is 0 Å². The topological polar surface area (TPSA) is 101 Å². The molecule has 0 aromatic rings. The Morgan fingerprint density at radius 3 is 1.64 bits per heavy atom. The van der Waals surface area contributed by atoms with Crippen LogP contribution in [0.2, 0.25) is 0 Å². The number of rotatable bonds is 7. The molecule has 0 rings (SSSR count). The molecule has 5 N–H and O–H groups in total. The first kappa shape index (κ1) is 13.8. The predicted octanol–water partition coefficient (Wildman–Crippen LogP) is -1.39. The summed E-state index contributed by atoms with van der Waals surface area (Å²) in [6, 6.07) is 0. The summed E-state index contributed by atoms with van der Waals surface area (Å²) >= 11 is 0. The third-order valence-electron chi connectivity index (χ3n) is 1.91. The van der Waals surface area contributed by atoms with Crippen LogP contribution in [0.4, 0.5) is 0 Å². The van der Waals surface area contributed by atoms with Gasteiger partial charge in [0.25, 0.3) is 0 Å². The zero-order valence-corrected chi connectivity index (χ0v) is 8.37. The second kappa shape index (κ2) is 7.14. The van der Waals surface area contributed by atoms with Gasteiger partial charge in [-0.1, -0.05) is 0 Å². The Labute approximate surface area is 83.6 Å². The molecule has 0 aliphatic rings. The minimum atomic E-state index is -0.955. The van der Waals surface area contributed by atoms with Crippen molar-refractivity contribution in [2.24, 2.45) is 0 Å². The van der Waals surface area contributed by atoms with Crippen molar-refractivity contribution in [2.75, 3.05) is 6.61 Å². The molecule has 5 heteroatoms. The summed E-state index contributed by atoms with van der Waals surface area (Å²) in [6.07, 6.45) is -2.87. The Morgan fingerprint density at radius 2 is 1.21 bits per heavy atom. The van der Waals surface area contributed by atoms with E-state index in [-0.39, 0.29) is 19.3 Å². The highest BCUT2D eigenvalue weighted by Gasteiger charge is 2.16. The summed E-state index contributed by atoms with van der Waals surface area (Å²) in [7, 11) is 0. The van der Waals surface area contributed by atoms with Crippen molar-refractivity contribution in [2.45, 2.75) is 50.6 Å². The Bertz CT molecular complexity index is 139. The molecule has 0 amide bonds. The molecule has 0 aliphatic heterocycles. The van der Waals surface area contributed by atoms with Gasteiger partial charge >= 0.3 is 0 Å². The van der Waals surface area contributed by atoms with Crippen LogP contribution in [0.5, 0.6) is 0 Å². The van der Waals surface area contributed by atoms with E-state index in [0.29, 0.717) is 0 Å². The van der Waals surface area contributed by atoms with E-state index in [1.54, 1.807) is 6.92 Å². The maximum Gasteiger partial charge on any atom is 0.0795 e. The van der Waals surface area contributed by atoms with E-state index in [1.807, 2.05) is 0 Å². The monoisotopic (exact) mass is 208 g/mol. The molecule has 0 bridgehead atoms. The lowest BCUT2D eigenvalue weighted by molar-refractivity contribution is 0.00779. The fraction of sp³-hybridized carbons (Fsp3) is 1.00. The molecular weight excluding hydrogens is 188 g/mol. The number of hydrogen-bond donors (Lipinski definition) is 5. The van der Waals surface area contributed by atoms with Crippen molar-refractivity contribution in [3.63, 3.8) is 0 Å². The lowest BCUT2D eigenvalue weighted by Gasteiger charge is -2.18. The van der Waals surface area contributed by atoms with E-state index in [0.717, 1.165) is 0 Å². The molecule has 0 spiro atoms. The lowest BCUT2D eigenvalue weighted by Crippen LogP contribution is -2.26. The maximum absolute atomic E-state index is 9.32. The second-order valence-electron chi connectivity index (χ2n) is 3.70. The van der Waals surface area contributed by atoms with Gasteiger partial charge in [0.05, 0.1) is 31.0 Å². The predicted molar refractivity (Wildman–Crippen MR) is 50.6 cm³/mol. The summed E-state index contributed by atoms with van der Waals surface area (Å²) in [5, 5.41) is 45.0. The van der Waals surface area contributed by atoms with Crippen LogP contribution in [-0.2, 0) is 0 Å². The van der Waals surface area contributed by atoms with Gasteiger partial charge in [-0.3, -0.25) is 0 Å². The first-order valence-corrected chi connectivity index (χ1v) is 4.78. The van der Waals surface area contributed by atoms with Gasteiger partial charge in [-0.25, -0.2) is 0 Å². The van der Waals surface area contributed by atoms with Crippen molar-refractivity contribution in [3.8, 4) is 0 Å². The average molecular weight is 208 g/mol. The maximum atomic E-state index is 9.32. The number of aliphatic hydroxyl groups is 5. The zero-order chi connectivity index (χ0) is 11.1. The summed E-state index contributed by atoms with van der Waals surface area (Å²) in [5.74, 6) is 0. The highest BCUT2D eigenvalue weighted by atomic mass is 16.3. The van der Waals surface area contributed by atoms with E-state index >= 15 is 0 Å². The van der Waals surface area contributed by atoms with Crippen LogP contribution in [-0.4, -0.2) is 56.6 Å². The molecule has 4 atom stereocenters. The molecule has 0 saturated heterocycles. The van der Waals surface area contributed by atoms with Crippen molar-refractivity contribution < 1.29 is 25.5 Å². The molecule has 14 heavy (non-hydrogen) atoms. The van der Waals surface area contributed by atoms with Crippen LogP contribution in [0.15, 0.2) is 0 Å². The van der Waals surface area contributed by atoms with Gasteiger partial charge in [0, 0.05) is 6.42 Å².